The molecular formula is C12H17F2N. The molecule has 1 aromatic carbocycles. The Balaban J connectivity index is 2.61. The van der Waals surface area contributed by atoms with Crippen LogP contribution < -0.4 is 5.32 Å². The zero-order valence-electron chi connectivity index (χ0n) is 9.19. The SMILES string of the molecule is CCC(CC)NCc1cccc(F)c1F. The third-order valence-corrected chi connectivity index (χ3v) is 2.60. The van der Waals surface area contributed by atoms with E-state index in [0.29, 0.717) is 18.2 Å². The van der Waals surface area contributed by atoms with Gasteiger partial charge in [-0.2, -0.15) is 0 Å². The average Bonchev–Trinajstić information content (AvgIpc) is 2.25. The minimum absolute atomic E-state index is 0.368. The Morgan fingerprint density at radius 2 is 1.87 bits per heavy atom. The summed E-state index contributed by atoms with van der Waals surface area (Å²) in [5, 5.41) is 3.20. The summed E-state index contributed by atoms with van der Waals surface area (Å²) in [5.74, 6) is -1.52. The first-order valence-electron chi connectivity index (χ1n) is 5.35. The molecule has 1 N–H and O–H groups in total. The van der Waals surface area contributed by atoms with Crippen LogP contribution in [0.2, 0.25) is 0 Å². The smallest absolute Gasteiger partial charge is 0.163 e. The Morgan fingerprint density at radius 3 is 2.47 bits per heavy atom. The molecule has 0 aromatic heterocycles. The summed E-state index contributed by atoms with van der Waals surface area (Å²) < 4.78 is 26.1. The van der Waals surface area contributed by atoms with E-state index in [2.05, 4.69) is 19.2 Å². The summed E-state index contributed by atoms with van der Waals surface area (Å²) in [6.45, 7) is 4.53. The van der Waals surface area contributed by atoms with Crippen molar-refractivity contribution in [3.05, 3.63) is 35.4 Å². The summed E-state index contributed by atoms with van der Waals surface area (Å²) in [7, 11) is 0. The van der Waals surface area contributed by atoms with Gasteiger partial charge in [-0.15, -0.1) is 0 Å². The lowest BCUT2D eigenvalue weighted by Gasteiger charge is -2.14. The van der Waals surface area contributed by atoms with Crippen molar-refractivity contribution < 1.29 is 8.78 Å². The van der Waals surface area contributed by atoms with Crippen molar-refractivity contribution in [3.63, 3.8) is 0 Å². The number of hydrogen-bond acceptors (Lipinski definition) is 1. The van der Waals surface area contributed by atoms with Gasteiger partial charge in [0.25, 0.3) is 0 Å². The van der Waals surface area contributed by atoms with Crippen molar-refractivity contribution in [3.8, 4) is 0 Å². The lowest BCUT2D eigenvalue weighted by molar-refractivity contribution is 0.458. The number of halogens is 2. The van der Waals surface area contributed by atoms with E-state index >= 15 is 0 Å². The minimum atomic E-state index is -0.779. The molecule has 0 saturated carbocycles. The highest BCUT2D eigenvalue weighted by Crippen LogP contribution is 2.11. The first kappa shape index (κ1) is 12.1. The van der Waals surface area contributed by atoms with Crippen molar-refractivity contribution in [2.75, 3.05) is 0 Å². The molecule has 0 fully saturated rings. The average molecular weight is 213 g/mol. The lowest BCUT2D eigenvalue weighted by Crippen LogP contribution is -2.27. The summed E-state index contributed by atoms with van der Waals surface area (Å²) in [4.78, 5) is 0. The van der Waals surface area contributed by atoms with Gasteiger partial charge in [0.15, 0.2) is 11.6 Å². The fraction of sp³-hybridized carbons (Fsp3) is 0.500. The van der Waals surface area contributed by atoms with Crippen LogP contribution >= 0.6 is 0 Å². The van der Waals surface area contributed by atoms with E-state index in [1.165, 1.54) is 6.07 Å². The van der Waals surface area contributed by atoms with E-state index in [-0.39, 0.29) is 0 Å². The maximum absolute atomic E-state index is 13.2. The van der Waals surface area contributed by atoms with Crippen molar-refractivity contribution in [1.82, 2.24) is 5.32 Å². The Morgan fingerprint density at radius 1 is 1.20 bits per heavy atom. The first-order chi connectivity index (χ1) is 7.19. The van der Waals surface area contributed by atoms with Gasteiger partial charge >= 0.3 is 0 Å². The van der Waals surface area contributed by atoms with E-state index in [9.17, 15) is 8.78 Å². The van der Waals surface area contributed by atoms with Crippen LogP contribution in [0.3, 0.4) is 0 Å². The Kier molecular flexibility index (Phi) is 4.69. The van der Waals surface area contributed by atoms with Gasteiger partial charge in [0.05, 0.1) is 0 Å². The van der Waals surface area contributed by atoms with Gasteiger partial charge in [0.1, 0.15) is 0 Å². The van der Waals surface area contributed by atoms with Crippen molar-refractivity contribution in [2.24, 2.45) is 0 Å². The Hall–Kier alpha value is -0.960. The molecule has 0 radical (unpaired) electrons. The predicted octanol–water partition coefficient (Wildman–Crippen LogP) is 3.24. The molecule has 0 aliphatic rings. The lowest BCUT2D eigenvalue weighted by atomic mass is 10.1. The molecule has 0 aliphatic carbocycles. The van der Waals surface area contributed by atoms with Crippen LogP contribution in [0.4, 0.5) is 8.78 Å². The van der Waals surface area contributed by atoms with Crippen LogP contribution in [0, 0.1) is 11.6 Å². The van der Waals surface area contributed by atoms with Crippen LogP contribution in [0.5, 0.6) is 0 Å². The molecule has 0 aliphatic heterocycles. The van der Waals surface area contributed by atoms with Gasteiger partial charge in [0.2, 0.25) is 0 Å². The molecule has 1 aromatic rings. The normalized spacial score (nSPS) is 11.0. The van der Waals surface area contributed by atoms with Crippen molar-refractivity contribution in [1.29, 1.82) is 0 Å². The van der Waals surface area contributed by atoms with Gasteiger partial charge in [-0.3, -0.25) is 0 Å². The zero-order chi connectivity index (χ0) is 11.3. The van der Waals surface area contributed by atoms with Gasteiger partial charge < -0.3 is 5.32 Å². The summed E-state index contributed by atoms with van der Waals surface area (Å²) in [6, 6.07) is 4.64. The molecule has 1 nitrogen and oxygen atoms in total. The molecule has 0 atom stereocenters. The molecule has 1 rings (SSSR count). The molecule has 3 heteroatoms. The monoisotopic (exact) mass is 213 g/mol. The maximum atomic E-state index is 13.2. The molecule has 0 saturated heterocycles. The highest BCUT2D eigenvalue weighted by atomic mass is 19.2. The first-order valence-corrected chi connectivity index (χ1v) is 5.35. The van der Waals surface area contributed by atoms with Crippen LogP contribution in [-0.2, 0) is 6.54 Å². The fourth-order valence-electron chi connectivity index (χ4n) is 1.52. The molecule has 15 heavy (non-hydrogen) atoms. The summed E-state index contributed by atoms with van der Waals surface area (Å²) in [5.41, 5.74) is 0.391. The largest absolute Gasteiger partial charge is 0.310 e. The van der Waals surface area contributed by atoms with Crippen LogP contribution in [0.15, 0.2) is 18.2 Å². The number of nitrogens with one attached hydrogen (secondary N) is 1. The van der Waals surface area contributed by atoms with Crippen LogP contribution in [0.25, 0.3) is 0 Å². The standard InChI is InChI=1S/C12H17F2N/c1-3-10(4-2)15-8-9-6-5-7-11(13)12(9)14/h5-7,10,15H,3-4,8H2,1-2H3. The maximum Gasteiger partial charge on any atom is 0.163 e. The van der Waals surface area contributed by atoms with Gasteiger partial charge in [-0.1, -0.05) is 26.0 Å². The topological polar surface area (TPSA) is 12.0 Å². The molecule has 0 unspecified atom stereocenters. The predicted molar refractivity (Wildman–Crippen MR) is 57.6 cm³/mol. The number of hydrogen-bond donors (Lipinski definition) is 1. The van der Waals surface area contributed by atoms with E-state index in [1.54, 1.807) is 6.07 Å². The summed E-state index contributed by atoms with van der Waals surface area (Å²) >= 11 is 0. The van der Waals surface area contributed by atoms with Crippen molar-refractivity contribution in [2.45, 2.75) is 39.3 Å². The second-order valence-electron chi connectivity index (χ2n) is 3.61. The number of rotatable bonds is 5. The summed E-state index contributed by atoms with van der Waals surface area (Å²) in [6.07, 6.45) is 1.99. The van der Waals surface area contributed by atoms with Crippen LogP contribution in [-0.4, -0.2) is 6.04 Å². The highest BCUT2D eigenvalue weighted by Gasteiger charge is 2.08. The quantitative estimate of drug-likeness (QED) is 0.791. The minimum Gasteiger partial charge on any atom is -0.310 e. The molecule has 84 valence electrons. The van der Waals surface area contributed by atoms with E-state index in [4.69, 9.17) is 0 Å². The van der Waals surface area contributed by atoms with Gasteiger partial charge in [-0.25, -0.2) is 8.78 Å². The third kappa shape index (κ3) is 3.27. The highest BCUT2D eigenvalue weighted by molar-refractivity contribution is 5.18. The van der Waals surface area contributed by atoms with Gasteiger partial charge in [-0.05, 0) is 18.9 Å². The van der Waals surface area contributed by atoms with Crippen molar-refractivity contribution >= 4 is 0 Å². The molecule has 0 heterocycles. The second kappa shape index (κ2) is 5.81. The third-order valence-electron chi connectivity index (χ3n) is 2.60. The van der Waals surface area contributed by atoms with E-state index in [0.717, 1.165) is 18.9 Å². The molecule has 0 spiro atoms. The number of benzene rings is 1. The second-order valence-corrected chi connectivity index (χ2v) is 3.61. The van der Waals surface area contributed by atoms with Crippen LogP contribution in [0.1, 0.15) is 32.3 Å². The Labute approximate surface area is 89.5 Å². The fourth-order valence-corrected chi connectivity index (χ4v) is 1.52. The molecule has 0 bridgehead atoms. The molecular weight excluding hydrogens is 196 g/mol. The zero-order valence-corrected chi connectivity index (χ0v) is 9.19. The molecule has 0 amide bonds. The van der Waals surface area contributed by atoms with Gasteiger partial charge in [0, 0.05) is 18.2 Å². The Bertz CT molecular complexity index is 308. The van der Waals surface area contributed by atoms with E-state index in [1.807, 2.05) is 0 Å². The van der Waals surface area contributed by atoms with E-state index < -0.39 is 11.6 Å².